The molecule has 0 saturated carbocycles. The summed E-state index contributed by atoms with van der Waals surface area (Å²) in [7, 11) is 2.09. The maximum atomic E-state index is 13.3. The summed E-state index contributed by atoms with van der Waals surface area (Å²) >= 11 is 0. The fourth-order valence-corrected chi connectivity index (χ4v) is 5.29. The van der Waals surface area contributed by atoms with E-state index in [4.69, 9.17) is 4.42 Å². The van der Waals surface area contributed by atoms with Crippen molar-refractivity contribution >= 4 is 0 Å². The first kappa shape index (κ1) is 20.3. The van der Waals surface area contributed by atoms with Crippen molar-refractivity contribution < 1.29 is 4.42 Å². The highest BCUT2D eigenvalue weighted by molar-refractivity contribution is 5.22. The zero-order valence-electron chi connectivity index (χ0n) is 18.2. The Hall–Kier alpha value is -2.64. The lowest BCUT2D eigenvalue weighted by Crippen LogP contribution is -2.47. The number of hydrogen-bond acceptors (Lipinski definition) is 5. The molecule has 0 N–H and O–H groups in total. The van der Waals surface area contributed by atoms with E-state index in [0.717, 1.165) is 51.3 Å². The quantitative estimate of drug-likeness (QED) is 0.560. The number of likely N-dealkylation sites (tertiary alicyclic amines) is 1. The molecule has 5 heterocycles. The van der Waals surface area contributed by atoms with Gasteiger partial charge in [-0.3, -0.25) is 14.4 Å². The van der Waals surface area contributed by atoms with Gasteiger partial charge in [-0.1, -0.05) is 6.07 Å². The van der Waals surface area contributed by atoms with Gasteiger partial charge in [0.25, 0.3) is 5.56 Å². The van der Waals surface area contributed by atoms with Crippen LogP contribution in [0.5, 0.6) is 0 Å². The van der Waals surface area contributed by atoms with Gasteiger partial charge in [0.05, 0.1) is 12.5 Å². The highest BCUT2D eigenvalue weighted by atomic mass is 16.3. The smallest absolute Gasteiger partial charge is 0.255 e. The molecule has 164 valence electrons. The maximum absolute atomic E-state index is 13.3. The third kappa shape index (κ3) is 4.52. The van der Waals surface area contributed by atoms with Crippen molar-refractivity contribution in [2.75, 3.05) is 26.7 Å². The van der Waals surface area contributed by atoms with Crippen molar-refractivity contribution in [2.24, 2.45) is 5.92 Å². The van der Waals surface area contributed by atoms with E-state index in [9.17, 15) is 4.79 Å². The van der Waals surface area contributed by atoms with Crippen LogP contribution in [0, 0.1) is 5.92 Å². The van der Waals surface area contributed by atoms with Crippen LogP contribution in [0.4, 0.5) is 0 Å². The highest BCUT2D eigenvalue weighted by Gasteiger charge is 2.35. The first-order chi connectivity index (χ1) is 15.2. The van der Waals surface area contributed by atoms with Gasteiger partial charge < -0.3 is 13.9 Å². The largest absolute Gasteiger partial charge is 0.472 e. The third-order valence-electron chi connectivity index (χ3n) is 6.67. The lowest BCUT2D eigenvalue weighted by molar-refractivity contribution is 0.114. The first-order valence-electron chi connectivity index (χ1n) is 11.3. The molecular formula is C24H31N5O2. The minimum atomic E-state index is 0.203. The Balaban J connectivity index is 1.23. The molecule has 1 saturated heterocycles. The Morgan fingerprint density at radius 1 is 1.23 bits per heavy atom. The van der Waals surface area contributed by atoms with Gasteiger partial charge in [-0.2, -0.15) is 5.10 Å². The Labute approximate surface area is 182 Å². The van der Waals surface area contributed by atoms with Gasteiger partial charge in [0.1, 0.15) is 0 Å². The average Bonchev–Trinajstić information content (AvgIpc) is 3.45. The molecule has 2 bridgehead atoms. The molecule has 0 spiro atoms. The Morgan fingerprint density at radius 3 is 2.97 bits per heavy atom. The number of piperidine rings is 1. The molecule has 2 aliphatic heterocycles. The Bertz CT molecular complexity index is 1040. The molecular weight excluding hydrogens is 390 g/mol. The monoisotopic (exact) mass is 421 g/mol. The highest BCUT2D eigenvalue weighted by Crippen LogP contribution is 2.35. The fourth-order valence-electron chi connectivity index (χ4n) is 5.29. The van der Waals surface area contributed by atoms with Crippen LogP contribution >= 0.6 is 0 Å². The molecule has 3 aromatic rings. The molecule has 0 aromatic carbocycles. The topological polar surface area (TPSA) is 59.4 Å². The molecule has 2 atom stereocenters. The van der Waals surface area contributed by atoms with Crippen LogP contribution in [0.25, 0.3) is 0 Å². The Kier molecular flexibility index (Phi) is 5.78. The maximum Gasteiger partial charge on any atom is 0.255 e. The second kappa shape index (κ2) is 8.85. The van der Waals surface area contributed by atoms with Gasteiger partial charge in [0.15, 0.2) is 0 Å². The molecule has 0 radical (unpaired) electrons. The predicted molar refractivity (Wildman–Crippen MR) is 119 cm³/mol. The summed E-state index contributed by atoms with van der Waals surface area (Å²) in [5.41, 5.74) is 3.54. The molecule has 0 unspecified atom stereocenters. The summed E-state index contributed by atoms with van der Waals surface area (Å²) in [5, 5.41) is 4.25. The van der Waals surface area contributed by atoms with Crippen LogP contribution in [-0.2, 0) is 26.2 Å². The second-order valence-electron chi connectivity index (χ2n) is 9.18. The van der Waals surface area contributed by atoms with Crippen LogP contribution < -0.4 is 5.56 Å². The molecule has 5 rings (SSSR count). The minimum Gasteiger partial charge on any atom is -0.472 e. The average molecular weight is 422 g/mol. The van der Waals surface area contributed by atoms with Gasteiger partial charge in [-0.15, -0.1) is 0 Å². The second-order valence-corrected chi connectivity index (χ2v) is 9.18. The van der Waals surface area contributed by atoms with Crippen molar-refractivity contribution in [2.45, 2.75) is 44.9 Å². The predicted octanol–water partition coefficient (Wildman–Crippen LogP) is 2.78. The molecule has 0 aliphatic carbocycles. The van der Waals surface area contributed by atoms with Crippen molar-refractivity contribution in [1.29, 1.82) is 0 Å². The molecule has 2 aliphatic rings. The van der Waals surface area contributed by atoms with Gasteiger partial charge >= 0.3 is 0 Å². The van der Waals surface area contributed by atoms with Gasteiger partial charge in [0.2, 0.25) is 0 Å². The standard InChI is InChI=1S/C24H31N5O2/c1-26(8-3-10-28-9-2-7-25-28)16-21-4-5-23-22-12-20(15-29(23)24(21)30)14-27(17-22)13-19-6-11-31-18-19/h2,4-7,9,11,18,20,22H,3,8,10,12-17H2,1H3/t20-,22+/m0/s1. The van der Waals surface area contributed by atoms with E-state index in [-0.39, 0.29) is 5.56 Å². The molecule has 3 aromatic heterocycles. The van der Waals surface area contributed by atoms with E-state index in [1.807, 2.05) is 35.5 Å². The van der Waals surface area contributed by atoms with E-state index in [2.05, 4.69) is 38.6 Å². The van der Waals surface area contributed by atoms with Crippen LogP contribution in [0.2, 0.25) is 0 Å². The zero-order valence-corrected chi connectivity index (χ0v) is 18.2. The summed E-state index contributed by atoms with van der Waals surface area (Å²) in [6, 6.07) is 8.26. The number of rotatable bonds is 8. The number of aromatic nitrogens is 3. The SMILES string of the molecule is CN(CCCn1cccn1)Cc1ccc2n(c1=O)C[C@H]1C[C@@H]2CN(Cc2ccoc2)C1. The summed E-state index contributed by atoms with van der Waals surface area (Å²) in [6.07, 6.45) is 9.58. The zero-order chi connectivity index (χ0) is 21.2. The number of nitrogens with zero attached hydrogens (tertiary/aromatic N) is 5. The van der Waals surface area contributed by atoms with Crippen molar-refractivity contribution in [3.8, 4) is 0 Å². The lowest BCUT2D eigenvalue weighted by atomic mass is 9.83. The van der Waals surface area contributed by atoms with Gasteiger partial charge in [-0.25, -0.2) is 0 Å². The van der Waals surface area contributed by atoms with Crippen LogP contribution in [0.1, 0.15) is 35.6 Å². The van der Waals surface area contributed by atoms with E-state index in [0.29, 0.717) is 18.4 Å². The summed E-state index contributed by atoms with van der Waals surface area (Å²) in [6.45, 7) is 6.35. The lowest BCUT2D eigenvalue weighted by Gasteiger charge is -2.43. The van der Waals surface area contributed by atoms with Gasteiger partial charge in [-0.05, 0) is 50.6 Å². The van der Waals surface area contributed by atoms with Crippen LogP contribution in [0.15, 0.2) is 58.4 Å². The number of pyridine rings is 1. The molecule has 7 nitrogen and oxygen atoms in total. The van der Waals surface area contributed by atoms with E-state index >= 15 is 0 Å². The third-order valence-corrected chi connectivity index (χ3v) is 6.67. The number of hydrogen-bond donors (Lipinski definition) is 0. The fraction of sp³-hybridized carbons (Fsp3) is 0.500. The molecule has 1 fully saturated rings. The van der Waals surface area contributed by atoms with E-state index < -0.39 is 0 Å². The molecule has 7 heteroatoms. The van der Waals surface area contributed by atoms with Crippen molar-refractivity contribution in [3.63, 3.8) is 0 Å². The van der Waals surface area contributed by atoms with Gasteiger partial charge in [0, 0.05) is 74.4 Å². The van der Waals surface area contributed by atoms with Crippen LogP contribution in [-0.4, -0.2) is 50.8 Å². The van der Waals surface area contributed by atoms with Crippen LogP contribution in [0.3, 0.4) is 0 Å². The summed E-state index contributed by atoms with van der Waals surface area (Å²) < 4.78 is 9.25. The minimum absolute atomic E-state index is 0.203. The van der Waals surface area contributed by atoms with Crippen molar-refractivity contribution in [3.05, 3.63) is 76.4 Å². The number of fused-ring (bicyclic) bond motifs is 4. The number of aryl methyl sites for hydroxylation is 1. The molecule has 0 amide bonds. The Morgan fingerprint density at radius 2 is 2.16 bits per heavy atom. The van der Waals surface area contributed by atoms with Crippen molar-refractivity contribution in [1.82, 2.24) is 24.1 Å². The van der Waals surface area contributed by atoms with E-state index in [1.165, 1.54) is 17.7 Å². The summed E-state index contributed by atoms with van der Waals surface area (Å²) in [4.78, 5) is 18.0. The number of furan rings is 1. The normalized spacial score (nSPS) is 20.8. The first-order valence-corrected chi connectivity index (χ1v) is 11.3. The summed E-state index contributed by atoms with van der Waals surface area (Å²) in [5.74, 6) is 0.978. The molecule has 31 heavy (non-hydrogen) atoms. The van der Waals surface area contributed by atoms with E-state index in [1.54, 1.807) is 6.26 Å².